The van der Waals surface area contributed by atoms with Gasteiger partial charge in [-0.3, -0.25) is 0 Å². The fourth-order valence-electron chi connectivity index (χ4n) is 2.11. The van der Waals surface area contributed by atoms with Crippen LogP contribution in [0.4, 0.5) is 0 Å². The van der Waals surface area contributed by atoms with E-state index < -0.39 is 10.0 Å². The fraction of sp³-hybridized carbons (Fsp3) is 0.538. The molecule has 0 saturated carbocycles. The standard InChI is InChI=1S/C13H22N2O2S/c1-5-14-6-7-15-18(16,17)13-11(3)8-10(2)9-12(13)4/h8-9,14-15H,5-7H2,1-4H3. The molecule has 0 heterocycles. The summed E-state index contributed by atoms with van der Waals surface area (Å²) in [5.74, 6) is 0. The van der Waals surface area contributed by atoms with Gasteiger partial charge in [-0.05, 0) is 38.4 Å². The molecular weight excluding hydrogens is 248 g/mol. The molecule has 0 atom stereocenters. The van der Waals surface area contributed by atoms with E-state index in [1.54, 1.807) is 0 Å². The summed E-state index contributed by atoms with van der Waals surface area (Å²) in [7, 11) is -3.41. The average molecular weight is 270 g/mol. The normalized spacial score (nSPS) is 11.8. The van der Waals surface area contributed by atoms with Crippen LogP contribution in [-0.4, -0.2) is 28.1 Å². The van der Waals surface area contributed by atoms with Gasteiger partial charge in [-0.25, -0.2) is 13.1 Å². The van der Waals surface area contributed by atoms with Crippen LogP contribution < -0.4 is 10.0 Å². The van der Waals surface area contributed by atoms with Crippen molar-refractivity contribution in [3.63, 3.8) is 0 Å². The lowest BCUT2D eigenvalue weighted by Gasteiger charge is -2.13. The van der Waals surface area contributed by atoms with E-state index in [-0.39, 0.29) is 0 Å². The minimum absolute atomic E-state index is 0.406. The molecule has 1 aromatic carbocycles. The van der Waals surface area contributed by atoms with E-state index in [2.05, 4.69) is 10.0 Å². The number of hydrogen-bond donors (Lipinski definition) is 2. The van der Waals surface area contributed by atoms with Gasteiger partial charge < -0.3 is 5.32 Å². The van der Waals surface area contributed by atoms with Gasteiger partial charge in [-0.2, -0.15) is 0 Å². The molecule has 1 rings (SSSR count). The topological polar surface area (TPSA) is 58.2 Å². The summed E-state index contributed by atoms with van der Waals surface area (Å²) in [4.78, 5) is 0.407. The fourth-order valence-corrected chi connectivity index (χ4v) is 3.59. The van der Waals surface area contributed by atoms with Crippen LogP contribution in [0, 0.1) is 20.8 Å². The van der Waals surface area contributed by atoms with Crippen molar-refractivity contribution in [2.75, 3.05) is 19.6 Å². The predicted octanol–water partition coefficient (Wildman–Crippen LogP) is 1.50. The van der Waals surface area contributed by atoms with Crippen molar-refractivity contribution in [3.8, 4) is 0 Å². The van der Waals surface area contributed by atoms with Gasteiger partial charge in [0, 0.05) is 13.1 Å². The van der Waals surface area contributed by atoms with E-state index in [0.29, 0.717) is 18.0 Å². The van der Waals surface area contributed by atoms with Gasteiger partial charge in [0.1, 0.15) is 0 Å². The third-order valence-electron chi connectivity index (χ3n) is 2.72. The van der Waals surface area contributed by atoms with Crippen LogP contribution in [0.1, 0.15) is 23.6 Å². The highest BCUT2D eigenvalue weighted by Crippen LogP contribution is 2.21. The van der Waals surface area contributed by atoms with Crippen LogP contribution in [0.25, 0.3) is 0 Å². The van der Waals surface area contributed by atoms with Crippen molar-refractivity contribution < 1.29 is 8.42 Å². The highest BCUT2D eigenvalue weighted by molar-refractivity contribution is 7.89. The SMILES string of the molecule is CCNCCNS(=O)(=O)c1c(C)cc(C)cc1C. The van der Waals surface area contributed by atoms with Crippen LogP contribution in [0.3, 0.4) is 0 Å². The summed E-state index contributed by atoms with van der Waals surface area (Å²) >= 11 is 0. The smallest absolute Gasteiger partial charge is 0.241 e. The zero-order valence-electron chi connectivity index (χ0n) is 11.5. The second-order valence-electron chi connectivity index (χ2n) is 4.48. The third-order valence-corrected chi connectivity index (χ3v) is 4.48. The minimum Gasteiger partial charge on any atom is -0.316 e. The predicted molar refractivity (Wildman–Crippen MR) is 74.4 cm³/mol. The van der Waals surface area contributed by atoms with E-state index in [4.69, 9.17) is 0 Å². The first-order valence-electron chi connectivity index (χ1n) is 6.16. The molecule has 0 spiro atoms. The van der Waals surface area contributed by atoms with E-state index in [1.807, 2.05) is 39.8 Å². The molecule has 0 bridgehead atoms. The molecule has 4 nitrogen and oxygen atoms in total. The molecule has 0 aliphatic carbocycles. The van der Waals surface area contributed by atoms with Gasteiger partial charge in [0.05, 0.1) is 4.90 Å². The molecule has 0 radical (unpaired) electrons. The first-order chi connectivity index (χ1) is 8.38. The maximum atomic E-state index is 12.2. The van der Waals surface area contributed by atoms with Gasteiger partial charge in [-0.15, -0.1) is 0 Å². The van der Waals surface area contributed by atoms with Crippen LogP contribution in [0.2, 0.25) is 0 Å². The maximum absolute atomic E-state index is 12.2. The molecule has 0 aromatic heterocycles. The lowest BCUT2D eigenvalue weighted by atomic mass is 10.1. The monoisotopic (exact) mass is 270 g/mol. The molecule has 18 heavy (non-hydrogen) atoms. The molecule has 2 N–H and O–H groups in total. The largest absolute Gasteiger partial charge is 0.316 e. The number of rotatable bonds is 6. The Hall–Kier alpha value is -0.910. The van der Waals surface area contributed by atoms with E-state index >= 15 is 0 Å². The lowest BCUT2D eigenvalue weighted by Crippen LogP contribution is -2.32. The van der Waals surface area contributed by atoms with Crippen LogP contribution in [0.15, 0.2) is 17.0 Å². The van der Waals surface area contributed by atoms with Gasteiger partial charge in [0.25, 0.3) is 0 Å². The number of likely N-dealkylation sites (N-methyl/N-ethyl adjacent to an activating group) is 1. The quantitative estimate of drug-likeness (QED) is 0.770. The van der Waals surface area contributed by atoms with Gasteiger partial charge >= 0.3 is 0 Å². The molecule has 102 valence electrons. The molecule has 0 aliphatic rings. The van der Waals surface area contributed by atoms with Crippen molar-refractivity contribution >= 4 is 10.0 Å². The zero-order valence-corrected chi connectivity index (χ0v) is 12.3. The van der Waals surface area contributed by atoms with Crippen molar-refractivity contribution in [2.24, 2.45) is 0 Å². The van der Waals surface area contributed by atoms with Gasteiger partial charge in [0.2, 0.25) is 10.0 Å². The summed E-state index contributed by atoms with van der Waals surface area (Å²) in [5, 5.41) is 3.08. The second-order valence-corrected chi connectivity index (χ2v) is 6.18. The summed E-state index contributed by atoms with van der Waals surface area (Å²) in [6.07, 6.45) is 0. The highest BCUT2D eigenvalue weighted by atomic mass is 32.2. The number of aryl methyl sites for hydroxylation is 3. The molecule has 0 aliphatic heterocycles. The Morgan fingerprint density at radius 1 is 1.06 bits per heavy atom. The Kier molecular flexibility index (Phi) is 5.31. The van der Waals surface area contributed by atoms with Crippen molar-refractivity contribution in [3.05, 3.63) is 28.8 Å². The molecule has 0 unspecified atom stereocenters. The summed E-state index contributed by atoms with van der Waals surface area (Å²) < 4.78 is 27.0. The number of hydrogen-bond acceptors (Lipinski definition) is 3. The van der Waals surface area contributed by atoms with Crippen LogP contribution >= 0.6 is 0 Å². The summed E-state index contributed by atoms with van der Waals surface area (Å²) in [6, 6.07) is 3.79. The Morgan fingerprint density at radius 2 is 1.61 bits per heavy atom. The lowest BCUT2D eigenvalue weighted by molar-refractivity contribution is 0.576. The molecular formula is C13H22N2O2S. The van der Waals surface area contributed by atoms with Crippen LogP contribution in [-0.2, 0) is 10.0 Å². The molecule has 0 saturated heterocycles. The van der Waals surface area contributed by atoms with E-state index in [1.165, 1.54) is 0 Å². The second kappa shape index (κ2) is 6.31. The number of nitrogens with one attached hydrogen (secondary N) is 2. The van der Waals surface area contributed by atoms with E-state index in [9.17, 15) is 8.42 Å². The zero-order chi connectivity index (χ0) is 13.8. The third kappa shape index (κ3) is 3.80. The van der Waals surface area contributed by atoms with Crippen molar-refractivity contribution in [1.82, 2.24) is 10.0 Å². The Morgan fingerprint density at radius 3 is 2.11 bits per heavy atom. The number of benzene rings is 1. The molecule has 1 aromatic rings. The first-order valence-corrected chi connectivity index (χ1v) is 7.65. The van der Waals surface area contributed by atoms with Crippen LogP contribution in [0.5, 0.6) is 0 Å². The van der Waals surface area contributed by atoms with Crippen molar-refractivity contribution in [2.45, 2.75) is 32.6 Å². The molecule has 0 fully saturated rings. The Balaban J connectivity index is 2.92. The van der Waals surface area contributed by atoms with Crippen molar-refractivity contribution in [1.29, 1.82) is 0 Å². The maximum Gasteiger partial charge on any atom is 0.241 e. The number of sulfonamides is 1. The highest BCUT2D eigenvalue weighted by Gasteiger charge is 2.18. The first kappa shape index (κ1) is 15.1. The van der Waals surface area contributed by atoms with Gasteiger partial charge in [0.15, 0.2) is 0 Å². The molecule has 0 amide bonds. The Bertz CT molecular complexity index is 487. The Labute approximate surface area is 110 Å². The summed E-state index contributed by atoms with van der Waals surface area (Å²) in [6.45, 7) is 9.50. The average Bonchev–Trinajstić information content (AvgIpc) is 2.22. The van der Waals surface area contributed by atoms with E-state index in [0.717, 1.165) is 23.2 Å². The van der Waals surface area contributed by atoms with Gasteiger partial charge in [-0.1, -0.05) is 24.6 Å². The molecule has 5 heteroatoms. The minimum atomic E-state index is -3.41. The summed E-state index contributed by atoms with van der Waals surface area (Å²) in [5.41, 5.74) is 2.67.